The SMILES string of the molecule is Cc1ccc(-c2cccc(CN(C)[C@H]3CCN(C)C3)c2)o1. The molecule has 0 amide bonds. The molecular weight excluding hydrogens is 260 g/mol. The summed E-state index contributed by atoms with van der Waals surface area (Å²) in [4.78, 5) is 4.87. The minimum absolute atomic E-state index is 0.671. The molecule has 0 N–H and O–H groups in total. The molecule has 0 spiro atoms. The molecular formula is C18H24N2O. The van der Waals surface area contributed by atoms with E-state index in [-0.39, 0.29) is 0 Å². The molecule has 2 heterocycles. The zero-order valence-electron chi connectivity index (χ0n) is 13.2. The van der Waals surface area contributed by atoms with E-state index in [9.17, 15) is 0 Å². The lowest BCUT2D eigenvalue weighted by Crippen LogP contribution is -2.33. The number of benzene rings is 1. The van der Waals surface area contributed by atoms with Crippen molar-refractivity contribution in [1.29, 1.82) is 0 Å². The Hall–Kier alpha value is -1.58. The van der Waals surface area contributed by atoms with E-state index >= 15 is 0 Å². The molecule has 0 radical (unpaired) electrons. The molecule has 1 aromatic carbocycles. The molecule has 0 bridgehead atoms. The number of hydrogen-bond donors (Lipinski definition) is 0. The molecule has 3 heteroatoms. The van der Waals surface area contributed by atoms with Crippen molar-refractivity contribution in [3.05, 3.63) is 47.7 Å². The van der Waals surface area contributed by atoms with Crippen LogP contribution in [0.1, 0.15) is 17.7 Å². The van der Waals surface area contributed by atoms with Crippen LogP contribution in [0.15, 0.2) is 40.8 Å². The van der Waals surface area contributed by atoms with Crippen molar-refractivity contribution in [3.8, 4) is 11.3 Å². The van der Waals surface area contributed by atoms with E-state index in [2.05, 4.69) is 48.2 Å². The normalized spacial score (nSPS) is 19.5. The first-order valence-electron chi connectivity index (χ1n) is 7.66. The molecule has 1 aliphatic rings. The second kappa shape index (κ2) is 6.04. The number of furan rings is 1. The Balaban J connectivity index is 1.71. The van der Waals surface area contributed by atoms with Gasteiger partial charge in [0.1, 0.15) is 11.5 Å². The zero-order valence-corrected chi connectivity index (χ0v) is 13.2. The van der Waals surface area contributed by atoms with Crippen LogP contribution in [0.25, 0.3) is 11.3 Å². The van der Waals surface area contributed by atoms with Gasteiger partial charge in [-0.3, -0.25) is 4.90 Å². The van der Waals surface area contributed by atoms with Gasteiger partial charge in [0, 0.05) is 24.7 Å². The maximum absolute atomic E-state index is 5.72. The van der Waals surface area contributed by atoms with Crippen LogP contribution in [0.3, 0.4) is 0 Å². The second-order valence-electron chi connectivity index (χ2n) is 6.23. The molecule has 1 atom stereocenters. The predicted molar refractivity (Wildman–Crippen MR) is 86.3 cm³/mol. The summed E-state index contributed by atoms with van der Waals surface area (Å²) < 4.78 is 5.72. The van der Waals surface area contributed by atoms with Crippen LogP contribution < -0.4 is 0 Å². The van der Waals surface area contributed by atoms with Crippen LogP contribution in [-0.4, -0.2) is 43.0 Å². The number of likely N-dealkylation sites (tertiary alicyclic amines) is 1. The summed E-state index contributed by atoms with van der Waals surface area (Å²) in [7, 11) is 4.43. The van der Waals surface area contributed by atoms with Crippen LogP contribution in [-0.2, 0) is 6.54 Å². The van der Waals surface area contributed by atoms with E-state index < -0.39 is 0 Å². The van der Waals surface area contributed by atoms with Crippen LogP contribution in [0.5, 0.6) is 0 Å². The molecule has 3 rings (SSSR count). The van der Waals surface area contributed by atoms with Crippen molar-refractivity contribution in [2.45, 2.75) is 25.9 Å². The van der Waals surface area contributed by atoms with E-state index in [1.165, 1.54) is 25.1 Å². The Morgan fingerprint density at radius 2 is 2.14 bits per heavy atom. The van der Waals surface area contributed by atoms with Gasteiger partial charge in [-0.1, -0.05) is 18.2 Å². The quantitative estimate of drug-likeness (QED) is 0.858. The maximum atomic E-state index is 5.72. The van der Waals surface area contributed by atoms with Gasteiger partial charge in [-0.05, 0) is 57.7 Å². The third kappa shape index (κ3) is 3.36. The van der Waals surface area contributed by atoms with E-state index in [1.54, 1.807) is 0 Å². The van der Waals surface area contributed by atoms with Crippen molar-refractivity contribution in [1.82, 2.24) is 9.80 Å². The van der Waals surface area contributed by atoms with Gasteiger partial charge in [-0.15, -0.1) is 0 Å². The van der Waals surface area contributed by atoms with Gasteiger partial charge in [0.2, 0.25) is 0 Å². The van der Waals surface area contributed by atoms with E-state index in [0.29, 0.717) is 6.04 Å². The largest absolute Gasteiger partial charge is 0.461 e. The lowest BCUT2D eigenvalue weighted by molar-refractivity contribution is 0.234. The molecule has 2 aromatic rings. The molecule has 1 aliphatic heterocycles. The first-order valence-corrected chi connectivity index (χ1v) is 7.66. The average molecular weight is 284 g/mol. The standard InChI is InChI=1S/C18H24N2O/c1-14-7-8-18(21-14)16-6-4-5-15(11-16)12-20(3)17-9-10-19(2)13-17/h4-8,11,17H,9-10,12-13H2,1-3H3/t17-/m0/s1. The minimum atomic E-state index is 0.671. The van der Waals surface area contributed by atoms with Gasteiger partial charge < -0.3 is 9.32 Å². The van der Waals surface area contributed by atoms with E-state index in [0.717, 1.165) is 23.6 Å². The highest BCUT2D eigenvalue weighted by atomic mass is 16.3. The Morgan fingerprint density at radius 1 is 1.29 bits per heavy atom. The van der Waals surface area contributed by atoms with Crippen molar-refractivity contribution in [2.75, 3.05) is 27.2 Å². The minimum Gasteiger partial charge on any atom is -0.461 e. The lowest BCUT2D eigenvalue weighted by Gasteiger charge is -2.24. The van der Waals surface area contributed by atoms with Gasteiger partial charge in [0.15, 0.2) is 0 Å². The molecule has 0 unspecified atom stereocenters. The summed E-state index contributed by atoms with van der Waals surface area (Å²) in [5.74, 6) is 1.92. The number of hydrogen-bond acceptors (Lipinski definition) is 3. The Bertz CT molecular complexity index is 605. The lowest BCUT2D eigenvalue weighted by atomic mass is 10.1. The predicted octanol–water partition coefficient (Wildman–Crippen LogP) is 3.39. The van der Waals surface area contributed by atoms with Gasteiger partial charge in [0.25, 0.3) is 0 Å². The van der Waals surface area contributed by atoms with Crippen LogP contribution >= 0.6 is 0 Å². The van der Waals surface area contributed by atoms with Crippen molar-refractivity contribution in [3.63, 3.8) is 0 Å². The molecule has 1 saturated heterocycles. The van der Waals surface area contributed by atoms with Crippen LogP contribution in [0.2, 0.25) is 0 Å². The topological polar surface area (TPSA) is 19.6 Å². The Labute approximate surface area is 127 Å². The molecule has 1 aromatic heterocycles. The molecule has 0 aliphatic carbocycles. The smallest absolute Gasteiger partial charge is 0.134 e. The van der Waals surface area contributed by atoms with Crippen molar-refractivity contribution >= 4 is 0 Å². The monoisotopic (exact) mass is 284 g/mol. The molecule has 112 valence electrons. The average Bonchev–Trinajstić information content (AvgIpc) is 3.08. The summed E-state index contributed by atoms with van der Waals surface area (Å²) in [6, 6.07) is 13.4. The Morgan fingerprint density at radius 3 is 2.81 bits per heavy atom. The van der Waals surface area contributed by atoms with Crippen molar-refractivity contribution in [2.24, 2.45) is 0 Å². The third-order valence-corrected chi connectivity index (χ3v) is 4.37. The fourth-order valence-corrected chi connectivity index (χ4v) is 3.10. The van der Waals surface area contributed by atoms with Crippen molar-refractivity contribution < 1.29 is 4.42 Å². The number of rotatable bonds is 4. The molecule has 3 nitrogen and oxygen atoms in total. The highest BCUT2D eigenvalue weighted by Crippen LogP contribution is 2.24. The number of likely N-dealkylation sites (N-methyl/N-ethyl adjacent to an activating group) is 2. The van der Waals surface area contributed by atoms with E-state index in [4.69, 9.17) is 4.42 Å². The molecule has 1 fully saturated rings. The van der Waals surface area contributed by atoms with E-state index in [1.807, 2.05) is 19.1 Å². The first kappa shape index (κ1) is 14.4. The summed E-state index contributed by atoms with van der Waals surface area (Å²) in [5, 5.41) is 0. The van der Waals surface area contributed by atoms with Gasteiger partial charge in [-0.2, -0.15) is 0 Å². The fourth-order valence-electron chi connectivity index (χ4n) is 3.10. The van der Waals surface area contributed by atoms with Crippen LogP contribution in [0, 0.1) is 6.92 Å². The summed E-state index contributed by atoms with van der Waals surface area (Å²) >= 11 is 0. The molecule has 21 heavy (non-hydrogen) atoms. The third-order valence-electron chi connectivity index (χ3n) is 4.37. The van der Waals surface area contributed by atoms with Gasteiger partial charge in [-0.25, -0.2) is 0 Å². The Kier molecular flexibility index (Phi) is 4.13. The first-order chi connectivity index (χ1) is 10.1. The number of aryl methyl sites for hydroxylation is 1. The second-order valence-corrected chi connectivity index (χ2v) is 6.23. The number of nitrogens with zero attached hydrogens (tertiary/aromatic N) is 2. The maximum Gasteiger partial charge on any atom is 0.134 e. The van der Waals surface area contributed by atoms with Crippen LogP contribution in [0.4, 0.5) is 0 Å². The highest BCUT2D eigenvalue weighted by molar-refractivity contribution is 5.58. The zero-order chi connectivity index (χ0) is 14.8. The summed E-state index contributed by atoms with van der Waals surface area (Å²) in [6.07, 6.45) is 1.27. The summed E-state index contributed by atoms with van der Waals surface area (Å²) in [6.45, 7) is 5.36. The van der Waals surface area contributed by atoms with Gasteiger partial charge in [0.05, 0.1) is 0 Å². The summed E-state index contributed by atoms with van der Waals surface area (Å²) in [5.41, 5.74) is 2.51. The fraction of sp³-hybridized carbons (Fsp3) is 0.444. The highest BCUT2D eigenvalue weighted by Gasteiger charge is 2.23. The molecule has 0 saturated carbocycles. The van der Waals surface area contributed by atoms with Gasteiger partial charge >= 0.3 is 0 Å².